The second kappa shape index (κ2) is 4.85. The molecule has 0 saturated heterocycles. The number of furan rings is 1. The fourth-order valence-electron chi connectivity index (χ4n) is 2.19. The van der Waals surface area contributed by atoms with Crippen LogP contribution in [0.2, 0.25) is 0 Å². The fraction of sp³-hybridized carbons (Fsp3) is 0.200. The Bertz CT molecular complexity index is 751. The molecule has 2 aromatic heterocycles. The third-order valence-electron chi connectivity index (χ3n) is 3.11. The van der Waals surface area contributed by atoms with E-state index in [2.05, 4.69) is 9.97 Å². The van der Waals surface area contributed by atoms with Crippen LogP contribution in [-0.4, -0.2) is 24.2 Å². The van der Waals surface area contributed by atoms with Crippen molar-refractivity contribution in [2.75, 3.05) is 14.2 Å². The second-order valence-electron chi connectivity index (χ2n) is 4.36. The highest BCUT2D eigenvalue weighted by atomic mass is 16.5. The van der Waals surface area contributed by atoms with Gasteiger partial charge in [0, 0.05) is 17.0 Å². The largest absolute Gasteiger partial charge is 0.493 e. The molecule has 1 aromatic carbocycles. The number of ether oxygens (including phenoxy) is 2. The minimum atomic E-state index is 0.649. The Morgan fingerprint density at radius 3 is 2.45 bits per heavy atom. The van der Waals surface area contributed by atoms with Crippen LogP contribution in [0.5, 0.6) is 11.5 Å². The zero-order valence-electron chi connectivity index (χ0n) is 11.5. The Hall–Kier alpha value is -2.56. The highest BCUT2D eigenvalue weighted by Crippen LogP contribution is 2.35. The van der Waals surface area contributed by atoms with Gasteiger partial charge in [-0.05, 0) is 19.1 Å². The Kier molecular flexibility index (Phi) is 3.02. The quantitative estimate of drug-likeness (QED) is 0.731. The second-order valence-corrected chi connectivity index (χ2v) is 4.36. The monoisotopic (exact) mass is 270 g/mol. The van der Waals surface area contributed by atoms with Crippen LogP contribution in [0, 0.1) is 6.92 Å². The molecule has 3 aromatic rings. The molecule has 0 fully saturated rings. The fourth-order valence-corrected chi connectivity index (χ4v) is 2.19. The molecule has 0 bridgehead atoms. The summed E-state index contributed by atoms with van der Waals surface area (Å²) >= 11 is 0. The van der Waals surface area contributed by atoms with Gasteiger partial charge >= 0.3 is 0 Å². The molecule has 2 heterocycles. The summed E-state index contributed by atoms with van der Waals surface area (Å²) in [5, 5.41) is 0.898. The molecule has 20 heavy (non-hydrogen) atoms. The third-order valence-corrected chi connectivity index (χ3v) is 3.11. The van der Waals surface area contributed by atoms with E-state index >= 15 is 0 Å². The van der Waals surface area contributed by atoms with E-state index in [1.54, 1.807) is 26.7 Å². The average Bonchev–Trinajstić information content (AvgIpc) is 2.98. The molecule has 0 spiro atoms. The summed E-state index contributed by atoms with van der Waals surface area (Å²) in [5.74, 6) is 1.99. The lowest BCUT2D eigenvalue weighted by atomic mass is 10.1. The van der Waals surface area contributed by atoms with Gasteiger partial charge in [0.15, 0.2) is 11.5 Å². The maximum absolute atomic E-state index is 5.34. The van der Waals surface area contributed by atoms with E-state index in [0.29, 0.717) is 17.3 Å². The first-order valence-electron chi connectivity index (χ1n) is 6.16. The number of methoxy groups -OCH3 is 2. The highest BCUT2D eigenvalue weighted by molar-refractivity contribution is 5.94. The topological polar surface area (TPSA) is 57.4 Å². The minimum absolute atomic E-state index is 0.649. The Labute approximate surface area is 116 Å². The van der Waals surface area contributed by atoms with Crippen LogP contribution in [0.4, 0.5) is 0 Å². The molecule has 0 amide bonds. The summed E-state index contributed by atoms with van der Waals surface area (Å²) in [6, 6.07) is 5.61. The van der Waals surface area contributed by atoms with Crippen LogP contribution in [-0.2, 0) is 0 Å². The molecule has 3 rings (SSSR count). The van der Waals surface area contributed by atoms with E-state index in [1.807, 2.05) is 25.1 Å². The van der Waals surface area contributed by atoms with E-state index in [-0.39, 0.29) is 0 Å². The van der Waals surface area contributed by atoms with Crippen molar-refractivity contribution in [3.8, 4) is 22.8 Å². The first-order chi connectivity index (χ1) is 9.72. The summed E-state index contributed by atoms with van der Waals surface area (Å²) in [6.07, 6.45) is 3.29. The van der Waals surface area contributed by atoms with Gasteiger partial charge in [0.2, 0.25) is 0 Å². The number of nitrogens with zero attached hydrogens (tertiary/aromatic N) is 2. The first-order valence-corrected chi connectivity index (χ1v) is 6.16. The van der Waals surface area contributed by atoms with Crippen molar-refractivity contribution >= 4 is 10.9 Å². The predicted molar refractivity (Wildman–Crippen MR) is 75.1 cm³/mol. The van der Waals surface area contributed by atoms with Crippen LogP contribution in [0.25, 0.3) is 22.2 Å². The van der Waals surface area contributed by atoms with Crippen molar-refractivity contribution in [1.29, 1.82) is 0 Å². The molecular weight excluding hydrogens is 256 g/mol. The van der Waals surface area contributed by atoms with Crippen LogP contribution >= 0.6 is 0 Å². The van der Waals surface area contributed by atoms with Gasteiger partial charge in [-0.2, -0.15) is 0 Å². The molecule has 5 heteroatoms. The Morgan fingerprint density at radius 2 is 1.80 bits per heavy atom. The number of aryl methyl sites for hydroxylation is 1. The molecule has 0 aliphatic heterocycles. The van der Waals surface area contributed by atoms with Crippen LogP contribution in [0.1, 0.15) is 5.82 Å². The number of fused-ring (bicyclic) bond motifs is 1. The van der Waals surface area contributed by atoms with E-state index in [0.717, 1.165) is 22.2 Å². The molecule has 0 N–H and O–H groups in total. The van der Waals surface area contributed by atoms with E-state index in [1.165, 1.54) is 0 Å². The molecule has 5 nitrogen and oxygen atoms in total. The van der Waals surface area contributed by atoms with Crippen molar-refractivity contribution in [3.63, 3.8) is 0 Å². The van der Waals surface area contributed by atoms with Gasteiger partial charge in [-0.3, -0.25) is 0 Å². The smallest absolute Gasteiger partial charge is 0.162 e. The number of hydrogen-bond acceptors (Lipinski definition) is 5. The summed E-state index contributed by atoms with van der Waals surface area (Å²) in [7, 11) is 3.21. The summed E-state index contributed by atoms with van der Waals surface area (Å²) < 4.78 is 15.8. The zero-order chi connectivity index (χ0) is 14.1. The van der Waals surface area contributed by atoms with E-state index in [4.69, 9.17) is 13.9 Å². The lowest BCUT2D eigenvalue weighted by molar-refractivity contribution is 0.356. The highest BCUT2D eigenvalue weighted by Gasteiger charge is 2.13. The number of rotatable bonds is 3. The first kappa shape index (κ1) is 12.5. The van der Waals surface area contributed by atoms with Gasteiger partial charge in [0.25, 0.3) is 0 Å². The maximum atomic E-state index is 5.34. The maximum Gasteiger partial charge on any atom is 0.162 e. The molecule has 102 valence electrons. The molecule has 0 unspecified atom stereocenters. The van der Waals surface area contributed by atoms with Crippen LogP contribution in [0.15, 0.2) is 35.1 Å². The van der Waals surface area contributed by atoms with E-state index in [9.17, 15) is 0 Å². The SMILES string of the molecule is COc1cc2nc(C)nc(-c3ccoc3)c2cc1OC. The van der Waals surface area contributed by atoms with Gasteiger partial charge in [-0.1, -0.05) is 0 Å². The Balaban J connectivity index is 2.35. The van der Waals surface area contributed by atoms with Crippen molar-refractivity contribution in [2.45, 2.75) is 6.92 Å². The lowest BCUT2D eigenvalue weighted by Gasteiger charge is -2.11. The van der Waals surface area contributed by atoms with Gasteiger partial charge in [0.1, 0.15) is 5.82 Å². The van der Waals surface area contributed by atoms with Crippen molar-refractivity contribution < 1.29 is 13.9 Å². The molecule has 0 aliphatic carbocycles. The third kappa shape index (κ3) is 1.97. The average molecular weight is 270 g/mol. The van der Waals surface area contributed by atoms with Gasteiger partial charge in [0.05, 0.1) is 38.0 Å². The van der Waals surface area contributed by atoms with Crippen molar-refractivity contribution in [2.24, 2.45) is 0 Å². The van der Waals surface area contributed by atoms with Crippen LogP contribution in [0.3, 0.4) is 0 Å². The van der Waals surface area contributed by atoms with Crippen molar-refractivity contribution in [3.05, 3.63) is 36.5 Å². The molecular formula is C15H14N2O3. The summed E-state index contributed by atoms with van der Waals surface area (Å²) in [5.41, 5.74) is 2.54. The van der Waals surface area contributed by atoms with Crippen LogP contribution < -0.4 is 9.47 Å². The predicted octanol–water partition coefficient (Wildman–Crippen LogP) is 3.22. The lowest BCUT2D eigenvalue weighted by Crippen LogP contribution is -1.96. The summed E-state index contributed by atoms with van der Waals surface area (Å²) in [6.45, 7) is 1.86. The molecule has 0 radical (unpaired) electrons. The van der Waals surface area contributed by atoms with Gasteiger partial charge in [-0.25, -0.2) is 9.97 Å². The van der Waals surface area contributed by atoms with Gasteiger partial charge < -0.3 is 13.9 Å². The standard InChI is InChI=1S/C15H14N2O3/c1-9-16-12-7-14(19-3)13(18-2)6-11(12)15(17-9)10-4-5-20-8-10/h4-8H,1-3H3. The normalized spacial score (nSPS) is 10.8. The van der Waals surface area contributed by atoms with Crippen molar-refractivity contribution in [1.82, 2.24) is 9.97 Å². The molecule has 0 aliphatic rings. The molecule has 0 atom stereocenters. The zero-order valence-corrected chi connectivity index (χ0v) is 11.5. The number of benzene rings is 1. The van der Waals surface area contributed by atoms with E-state index < -0.39 is 0 Å². The number of aromatic nitrogens is 2. The Morgan fingerprint density at radius 1 is 1.05 bits per heavy atom. The summed E-state index contributed by atoms with van der Waals surface area (Å²) in [4.78, 5) is 8.96. The minimum Gasteiger partial charge on any atom is -0.493 e. The van der Waals surface area contributed by atoms with Gasteiger partial charge in [-0.15, -0.1) is 0 Å². The number of hydrogen-bond donors (Lipinski definition) is 0. The molecule has 0 saturated carbocycles.